The van der Waals surface area contributed by atoms with Crippen LogP contribution >= 0.6 is 0 Å². The van der Waals surface area contributed by atoms with E-state index in [2.05, 4.69) is 25.7 Å². The Morgan fingerprint density at radius 3 is 2.88 bits per heavy atom. The first-order valence-electron chi connectivity index (χ1n) is 10.1. The minimum atomic E-state index is -0.746. The number of carbonyl (C=O) groups excluding carboxylic acids is 1. The monoisotopic (exact) mass is 435 g/mol. The molecule has 32 heavy (non-hydrogen) atoms. The van der Waals surface area contributed by atoms with E-state index in [1.807, 2.05) is 6.07 Å². The maximum atomic E-state index is 14.2. The number of hydrogen-bond donors (Lipinski definition) is 3. The second kappa shape index (κ2) is 7.97. The van der Waals surface area contributed by atoms with Crippen molar-refractivity contribution < 1.29 is 13.6 Å². The summed E-state index contributed by atoms with van der Waals surface area (Å²) in [4.78, 5) is 21.0. The van der Waals surface area contributed by atoms with E-state index in [0.717, 1.165) is 29.4 Å². The van der Waals surface area contributed by atoms with Gasteiger partial charge in [0, 0.05) is 43.1 Å². The van der Waals surface area contributed by atoms with Gasteiger partial charge in [0.05, 0.1) is 23.0 Å². The van der Waals surface area contributed by atoms with Crippen LogP contribution in [0.1, 0.15) is 27.2 Å². The van der Waals surface area contributed by atoms with Gasteiger partial charge in [-0.1, -0.05) is 12.1 Å². The van der Waals surface area contributed by atoms with E-state index in [4.69, 9.17) is 5.73 Å². The molecule has 0 atom stereocenters. The van der Waals surface area contributed by atoms with Crippen LogP contribution in [-0.2, 0) is 19.5 Å². The first-order valence-corrected chi connectivity index (χ1v) is 10.1. The fraction of sp³-hybridized carbons (Fsp3) is 0.182. The summed E-state index contributed by atoms with van der Waals surface area (Å²) in [6.07, 6.45) is 2.12. The average molecular weight is 435 g/mol. The van der Waals surface area contributed by atoms with Crippen LogP contribution in [-0.4, -0.2) is 32.2 Å². The zero-order valence-electron chi connectivity index (χ0n) is 16.9. The number of fused-ring (bicyclic) bond motifs is 2. The molecule has 10 heteroatoms. The third-order valence-electron chi connectivity index (χ3n) is 5.38. The van der Waals surface area contributed by atoms with E-state index >= 15 is 0 Å². The lowest BCUT2D eigenvalue weighted by atomic mass is 10.1. The predicted molar refractivity (Wildman–Crippen MR) is 114 cm³/mol. The molecule has 1 aliphatic rings. The Morgan fingerprint density at radius 1 is 1.19 bits per heavy atom. The Morgan fingerprint density at radius 2 is 2.06 bits per heavy atom. The molecule has 3 heterocycles. The first kappa shape index (κ1) is 20.0. The van der Waals surface area contributed by atoms with Gasteiger partial charge in [-0.15, -0.1) is 0 Å². The lowest BCUT2D eigenvalue weighted by Crippen LogP contribution is -2.27. The van der Waals surface area contributed by atoms with Crippen LogP contribution < -0.4 is 16.4 Å². The highest BCUT2D eigenvalue weighted by atomic mass is 19.1. The maximum Gasteiger partial charge on any atom is 0.253 e. The van der Waals surface area contributed by atoms with Gasteiger partial charge in [-0.25, -0.2) is 13.8 Å². The molecule has 0 aliphatic carbocycles. The Bertz CT molecular complexity index is 1350. The van der Waals surface area contributed by atoms with Crippen LogP contribution in [0, 0.1) is 11.6 Å². The molecule has 0 saturated heterocycles. The second-order valence-corrected chi connectivity index (χ2v) is 7.51. The summed E-state index contributed by atoms with van der Waals surface area (Å²) in [5.41, 5.74) is 8.29. The van der Waals surface area contributed by atoms with Crippen molar-refractivity contribution in [2.75, 3.05) is 11.9 Å². The van der Waals surface area contributed by atoms with Crippen molar-refractivity contribution in [3.8, 4) is 5.95 Å². The van der Waals surface area contributed by atoms with Crippen LogP contribution in [0.15, 0.2) is 42.6 Å². The zero-order chi connectivity index (χ0) is 22.2. The molecule has 0 saturated carbocycles. The number of amides is 1. The van der Waals surface area contributed by atoms with Gasteiger partial charge in [0.1, 0.15) is 17.5 Å². The summed E-state index contributed by atoms with van der Waals surface area (Å²) < 4.78 is 29.1. The SMILES string of the molecule is NC(=O)c1cc(F)cc2c1cnn2-c1nc2c(c(NCc3cccc(F)c3)n1)CNCC2. The lowest BCUT2D eigenvalue weighted by molar-refractivity contribution is 0.100. The van der Waals surface area contributed by atoms with E-state index in [9.17, 15) is 13.6 Å². The van der Waals surface area contributed by atoms with Crippen molar-refractivity contribution >= 4 is 22.6 Å². The quantitative estimate of drug-likeness (QED) is 0.444. The van der Waals surface area contributed by atoms with Crippen LogP contribution in [0.4, 0.5) is 14.6 Å². The fourth-order valence-electron chi connectivity index (χ4n) is 3.86. The van der Waals surface area contributed by atoms with E-state index in [1.165, 1.54) is 29.1 Å². The van der Waals surface area contributed by atoms with Gasteiger partial charge in [0.15, 0.2) is 0 Å². The molecule has 1 aliphatic heterocycles. The summed E-state index contributed by atoms with van der Waals surface area (Å²) in [5.74, 6) is -0.852. The molecule has 2 aromatic carbocycles. The van der Waals surface area contributed by atoms with E-state index in [-0.39, 0.29) is 17.3 Å². The van der Waals surface area contributed by atoms with Gasteiger partial charge >= 0.3 is 0 Å². The second-order valence-electron chi connectivity index (χ2n) is 7.51. The topological polar surface area (TPSA) is 111 Å². The number of nitrogens with one attached hydrogen (secondary N) is 2. The maximum absolute atomic E-state index is 14.2. The Labute approximate surface area is 181 Å². The fourth-order valence-corrected chi connectivity index (χ4v) is 3.86. The van der Waals surface area contributed by atoms with Crippen molar-refractivity contribution in [3.05, 3.63) is 76.6 Å². The van der Waals surface area contributed by atoms with Crippen LogP contribution in [0.3, 0.4) is 0 Å². The van der Waals surface area contributed by atoms with Gasteiger partial charge in [-0.3, -0.25) is 4.79 Å². The molecule has 0 bridgehead atoms. The average Bonchev–Trinajstić information content (AvgIpc) is 3.20. The molecule has 0 spiro atoms. The number of nitrogens with zero attached hydrogens (tertiary/aromatic N) is 4. The Kier molecular flexibility index (Phi) is 4.98. The summed E-state index contributed by atoms with van der Waals surface area (Å²) >= 11 is 0. The van der Waals surface area contributed by atoms with Gasteiger partial charge < -0.3 is 16.4 Å². The van der Waals surface area contributed by atoms with Crippen molar-refractivity contribution in [1.82, 2.24) is 25.1 Å². The molecule has 5 rings (SSSR count). The highest BCUT2D eigenvalue weighted by Crippen LogP contribution is 2.26. The number of benzene rings is 2. The minimum Gasteiger partial charge on any atom is -0.366 e. The van der Waals surface area contributed by atoms with Crippen molar-refractivity contribution in [2.24, 2.45) is 5.73 Å². The number of rotatable bonds is 5. The number of carbonyl (C=O) groups is 1. The third kappa shape index (κ3) is 3.65. The van der Waals surface area contributed by atoms with Gasteiger partial charge in [-0.2, -0.15) is 14.8 Å². The smallest absolute Gasteiger partial charge is 0.253 e. The number of nitrogens with two attached hydrogens (primary N) is 1. The number of aromatic nitrogens is 4. The van der Waals surface area contributed by atoms with Crippen molar-refractivity contribution in [2.45, 2.75) is 19.5 Å². The molecule has 162 valence electrons. The van der Waals surface area contributed by atoms with Crippen LogP contribution in [0.5, 0.6) is 0 Å². The summed E-state index contributed by atoms with van der Waals surface area (Å²) in [5, 5.41) is 11.3. The highest BCUT2D eigenvalue weighted by Gasteiger charge is 2.21. The highest BCUT2D eigenvalue weighted by molar-refractivity contribution is 6.05. The number of halogens is 2. The zero-order valence-corrected chi connectivity index (χ0v) is 16.9. The molecule has 4 aromatic rings. The van der Waals surface area contributed by atoms with Gasteiger partial charge in [0.2, 0.25) is 5.91 Å². The first-order chi connectivity index (χ1) is 15.5. The van der Waals surface area contributed by atoms with Gasteiger partial charge in [0.25, 0.3) is 5.95 Å². The largest absolute Gasteiger partial charge is 0.366 e. The third-order valence-corrected chi connectivity index (χ3v) is 5.38. The Balaban J connectivity index is 1.59. The normalized spacial score (nSPS) is 13.2. The summed E-state index contributed by atoms with van der Waals surface area (Å²) in [6, 6.07) is 8.66. The molecular weight excluding hydrogens is 416 g/mol. The minimum absolute atomic E-state index is 0.0397. The number of anilines is 1. The molecule has 1 amide bonds. The summed E-state index contributed by atoms with van der Waals surface area (Å²) in [6.45, 7) is 1.70. The molecule has 4 N–H and O–H groups in total. The standard InChI is InChI=1S/C22H19F2N7O/c23-13-3-1-2-12(6-13)9-27-21-17-10-26-5-4-18(17)29-22(30-21)31-19-8-14(24)7-15(20(25)32)16(19)11-28-31/h1-3,6-8,11,26H,4-5,9-10H2,(H2,25,32)(H,27,29,30). The van der Waals surface area contributed by atoms with Crippen molar-refractivity contribution in [1.29, 1.82) is 0 Å². The molecule has 2 aromatic heterocycles. The molecular formula is C22H19F2N7O. The van der Waals surface area contributed by atoms with E-state index in [0.29, 0.717) is 36.2 Å². The summed E-state index contributed by atoms with van der Waals surface area (Å²) in [7, 11) is 0. The van der Waals surface area contributed by atoms with E-state index < -0.39 is 11.7 Å². The lowest BCUT2D eigenvalue weighted by Gasteiger charge is -2.21. The van der Waals surface area contributed by atoms with Gasteiger partial charge in [-0.05, 0) is 23.8 Å². The van der Waals surface area contributed by atoms with Crippen LogP contribution in [0.2, 0.25) is 0 Å². The Hall–Kier alpha value is -3.92. The predicted octanol–water partition coefficient (Wildman–Crippen LogP) is 2.45. The molecule has 0 fully saturated rings. The molecule has 8 nitrogen and oxygen atoms in total. The van der Waals surface area contributed by atoms with E-state index in [1.54, 1.807) is 6.07 Å². The number of hydrogen-bond acceptors (Lipinski definition) is 6. The number of primary amides is 1. The van der Waals surface area contributed by atoms with Crippen molar-refractivity contribution in [3.63, 3.8) is 0 Å². The van der Waals surface area contributed by atoms with Crippen LogP contribution in [0.25, 0.3) is 16.9 Å². The molecule has 0 radical (unpaired) electrons. The molecule has 0 unspecified atom stereocenters.